The molecule has 3 N–H and O–H groups in total. The van der Waals surface area contributed by atoms with E-state index in [1.54, 1.807) is 6.07 Å². The van der Waals surface area contributed by atoms with Gasteiger partial charge in [0, 0.05) is 17.5 Å². The molecule has 0 atom stereocenters. The average Bonchev–Trinajstić information content (AvgIpc) is 2.67. The fourth-order valence-electron chi connectivity index (χ4n) is 1.36. The maximum Gasteiger partial charge on any atom is 0.151 e. The lowest BCUT2D eigenvalue weighted by molar-refractivity contribution is 0.587. The highest BCUT2D eigenvalue weighted by Gasteiger charge is 2.08. The van der Waals surface area contributed by atoms with E-state index < -0.39 is 11.6 Å². The first-order valence-corrected chi connectivity index (χ1v) is 5.98. The van der Waals surface area contributed by atoms with Crippen molar-refractivity contribution >= 4 is 34.3 Å². The smallest absolute Gasteiger partial charge is 0.151 e. The molecule has 0 bridgehead atoms. The van der Waals surface area contributed by atoms with Crippen LogP contribution in [0, 0.1) is 11.6 Å². The van der Waals surface area contributed by atoms with Crippen molar-refractivity contribution in [1.82, 2.24) is 0 Å². The molecule has 0 aliphatic heterocycles. The molecule has 0 radical (unpaired) electrons. The fraction of sp³-hybridized carbons (Fsp3) is 0.0909. The van der Waals surface area contributed by atoms with Gasteiger partial charge in [0.2, 0.25) is 0 Å². The Balaban J connectivity index is 2.14. The summed E-state index contributed by atoms with van der Waals surface area (Å²) in [6, 6.07) is 5.51. The number of anilines is 2. The predicted molar refractivity (Wildman–Crippen MR) is 67.4 cm³/mol. The predicted octanol–water partition coefficient (Wildman–Crippen LogP) is 3.87. The second kappa shape index (κ2) is 4.89. The van der Waals surface area contributed by atoms with Gasteiger partial charge in [0.05, 0.1) is 15.7 Å². The summed E-state index contributed by atoms with van der Waals surface area (Å²) in [7, 11) is 0. The largest absolute Gasteiger partial charge is 0.395 e. The summed E-state index contributed by atoms with van der Waals surface area (Å²) < 4.78 is 26.8. The van der Waals surface area contributed by atoms with Gasteiger partial charge in [-0.1, -0.05) is 11.6 Å². The zero-order valence-corrected chi connectivity index (χ0v) is 10.2. The van der Waals surface area contributed by atoms with E-state index in [2.05, 4.69) is 5.32 Å². The van der Waals surface area contributed by atoms with E-state index in [1.165, 1.54) is 11.3 Å². The number of thiophene rings is 1. The first kappa shape index (κ1) is 12.1. The van der Waals surface area contributed by atoms with E-state index in [9.17, 15) is 8.78 Å². The molecule has 2 nitrogen and oxygen atoms in total. The molecule has 0 amide bonds. The number of benzene rings is 1. The number of nitrogens with two attached hydrogens (primary N) is 1. The molecule has 2 aromatic rings. The van der Waals surface area contributed by atoms with E-state index in [0.29, 0.717) is 10.9 Å². The lowest BCUT2D eigenvalue weighted by Gasteiger charge is -2.09. The van der Waals surface area contributed by atoms with Crippen LogP contribution in [0.3, 0.4) is 0 Å². The normalized spacial score (nSPS) is 10.5. The zero-order chi connectivity index (χ0) is 12.4. The summed E-state index contributed by atoms with van der Waals surface area (Å²) >= 11 is 7.17. The van der Waals surface area contributed by atoms with Gasteiger partial charge in [-0.15, -0.1) is 11.3 Å². The van der Waals surface area contributed by atoms with Crippen molar-refractivity contribution in [2.24, 2.45) is 0 Å². The first-order chi connectivity index (χ1) is 8.06. The number of hydrogen-bond donors (Lipinski definition) is 2. The van der Waals surface area contributed by atoms with Crippen LogP contribution in [0.25, 0.3) is 0 Å². The third kappa shape index (κ3) is 2.87. The van der Waals surface area contributed by atoms with Gasteiger partial charge in [0.25, 0.3) is 0 Å². The molecule has 0 aliphatic carbocycles. The molecule has 0 unspecified atom stereocenters. The van der Waals surface area contributed by atoms with Crippen LogP contribution in [0.2, 0.25) is 4.34 Å². The van der Waals surface area contributed by atoms with Gasteiger partial charge in [-0.3, -0.25) is 0 Å². The third-order valence-corrected chi connectivity index (χ3v) is 3.41. The monoisotopic (exact) mass is 274 g/mol. The summed E-state index contributed by atoms with van der Waals surface area (Å²) in [5, 5.41) is 2.87. The van der Waals surface area contributed by atoms with Crippen LogP contribution in [-0.2, 0) is 6.54 Å². The maximum absolute atomic E-state index is 13.1. The van der Waals surface area contributed by atoms with Gasteiger partial charge in [-0.2, -0.15) is 0 Å². The minimum absolute atomic E-state index is 0.0888. The Morgan fingerprint density at radius 1 is 1.29 bits per heavy atom. The van der Waals surface area contributed by atoms with Crippen molar-refractivity contribution in [3.63, 3.8) is 0 Å². The zero-order valence-electron chi connectivity index (χ0n) is 8.64. The van der Waals surface area contributed by atoms with Gasteiger partial charge in [0.1, 0.15) is 5.82 Å². The highest BCUT2D eigenvalue weighted by Crippen LogP contribution is 2.26. The Labute approximate surface area is 106 Å². The van der Waals surface area contributed by atoms with Gasteiger partial charge in [-0.05, 0) is 18.2 Å². The molecule has 0 spiro atoms. The van der Waals surface area contributed by atoms with Crippen LogP contribution in [0.1, 0.15) is 4.88 Å². The SMILES string of the molecule is Nc1c(F)cc(F)cc1NCc1ccc(Cl)s1. The summed E-state index contributed by atoms with van der Waals surface area (Å²) in [5.41, 5.74) is 5.65. The molecule has 1 heterocycles. The van der Waals surface area contributed by atoms with E-state index in [-0.39, 0.29) is 11.4 Å². The standard InChI is InChI=1S/C11H9ClF2N2S/c12-10-2-1-7(17-10)5-16-9-4-6(13)3-8(14)11(9)15/h1-4,16H,5,15H2. The molecular weight excluding hydrogens is 266 g/mol. The van der Waals surface area contributed by atoms with Gasteiger partial charge >= 0.3 is 0 Å². The van der Waals surface area contributed by atoms with E-state index in [1.807, 2.05) is 6.07 Å². The molecule has 0 saturated carbocycles. The average molecular weight is 275 g/mol. The molecule has 6 heteroatoms. The summed E-state index contributed by atoms with van der Waals surface area (Å²) in [6.07, 6.45) is 0. The second-order valence-corrected chi connectivity index (χ2v) is 5.21. The van der Waals surface area contributed by atoms with E-state index in [0.717, 1.165) is 17.0 Å². The van der Waals surface area contributed by atoms with Gasteiger partial charge in [-0.25, -0.2) is 8.78 Å². The molecular formula is C11H9ClF2N2S. The van der Waals surface area contributed by atoms with Gasteiger partial charge in [0.15, 0.2) is 5.82 Å². The Kier molecular flexibility index (Phi) is 3.49. The Bertz CT molecular complexity index is 542. The minimum Gasteiger partial charge on any atom is -0.395 e. The Hall–Kier alpha value is -1.33. The lowest BCUT2D eigenvalue weighted by Crippen LogP contribution is -2.03. The lowest BCUT2D eigenvalue weighted by atomic mass is 10.2. The molecule has 0 aliphatic rings. The molecule has 2 rings (SSSR count). The van der Waals surface area contributed by atoms with E-state index in [4.69, 9.17) is 17.3 Å². The maximum atomic E-state index is 13.1. The van der Waals surface area contributed by atoms with Crippen molar-refractivity contribution in [2.75, 3.05) is 11.1 Å². The Morgan fingerprint density at radius 2 is 2.06 bits per heavy atom. The molecule has 17 heavy (non-hydrogen) atoms. The summed E-state index contributed by atoms with van der Waals surface area (Å²) in [6.45, 7) is 0.421. The van der Waals surface area contributed by atoms with Crippen LogP contribution in [0.5, 0.6) is 0 Å². The van der Waals surface area contributed by atoms with Crippen LogP contribution in [-0.4, -0.2) is 0 Å². The van der Waals surface area contributed by atoms with Crippen LogP contribution < -0.4 is 11.1 Å². The van der Waals surface area contributed by atoms with Crippen molar-refractivity contribution in [1.29, 1.82) is 0 Å². The highest BCUT2D eigenvalue weighted by atomic mass is 35.5. The van der Waals surface area contributed by atoms with Crippen molar-refractivity contribution in [2.45, 2.75) is 6.54 Å². The summed E-state index contributed by atoms with van der Waals surface area (Å²) in [4.78, 5) is 0.957. The molecule has 90 valence electrons. The van der Waals surface area contributed by atoms with Gasteiger partial charge < -0.3 is 11.1 Å². The second-order valence-electron chi connectivity index (χ2n) is 3.41. The number of halogens is 3. The summed E-state index contributed by atoms with van der Waals surface area (Å²) in [5.74, 6) is -1.43. The third-order valence-electron chi connectivity index (χ3n) is 2.18. The number of hydrogen-bond acceptors (Lipinski definition) is 3. The van der Waals surface area contributed by atoms with Crippen LogP contribution in [0.4, 0.5) is 20.2 Å². The molecule has 0 saturated heterocycles. The van der Waals surface area contributed by atoms with Crippen molar-refractivity contribution < 1.29 is 8.78 Å². The number of rotatable bonds is 3. The number of nitrogens with one attached hydrogen (secondary N) is 1. The quantitative estimate of drug-likeness (QED) is 0.834. The van der Waals surface area contributed by atoms with E-state index >= 15 is 0 Å². The van der Waals surface area contributed by atoms with Crippen molar-refractivity contribution in [3.8, 4) is 0 Å². The fourth-order valence-corrected chi connectivity index (χ4v) is 2.39. The van der Waals surface area contributed by atoms with Crippen molar-refractivity contribution in [3.05, 3.63) is 45.1 Å². The Morgan fingerprint density at radius 3 is 2.71 bits per heavy atom. The van der Waals surface area contributed by atoms with Crippen LogP contribution in [0.15, 0.2) is 24.3 Å². The van der Waals surface area contributed by atoms with Crippen LogP contribution >= 0.6 is 22.9 Å². The minimum atomic E-state index is -0.767. The highest BCUT2D eigenvalue weighted by molar-refractivity contribution is 7.16. The molecule has 0 fully saturated rings. The topological polar surface area (TPSA) is 38.0 Å². The number of nitrogen functional groups attached to an aromatic ring is 1. The first-order valence-electron chi connectivity index (χ1n) is 4.79. The molecule has 1 aromatic heterocycles. The molecule has 1 aromatic carbocycles.